The molecule has 0 aliphatic rings. The summed E-state index contributed by atoms with van der Waals surface area (Å²) in [5.41, 5.74) is 0.666. The fraction of sp³-hybridized carbons (Fsp3) is 0.300. The van der Waals surface area contributed by atoms with E-state index in [9.17, 15) is 5.11 Å². The highest BCUT2D eigenvalue weighted by Crippen LogP contribution is 2.35. The topological polar surface area (TPSA) is 38.0 Å². The minimum atomic E-state index is -0.669. The number of hydrogen-bond acceptors (Lipinski definition) is 3. The molecule has 6 heteroatoms. The Labute approximate surface area is 107 Å². The molecule has 1 N–H and O–H groups in total. The van der Waals surface area contributed by atoms with Crippen LogP contribution >= 0.6 is 34.5 Å². The van der Waals surface area contributed by atoms with Gasteiger partial charge in [0.2, 0.25) is 0 Å². The summed E-state index contributed by atoms with van der Waals surface area (Å²) in [7, 11) is 1.89. The number of aryl methyl sites for hydroxylation is 1. The fourth-order valence-corrected chi connectivity index (χ4v) is 3.02. The number of thiophene rings is 1. The molecule has 1 atom stereocenters. The maximum Gasteiger partial charge on any atom is 0.111 e. The maximum absolute atomic E-state index is 10.0. The molecule has 0 saturated heterocycles. The quantitative estimate of drug-likeness (QED) is 0.936. The minimum Gasteiger partial charge on any atom is -0.388 e. The Morgan fingerprint density at radius 3 is 2.81 bits per heavy atom. The van der Waals surface area contributed by atoms with E-state index in [2.05, 4.69) is 4.98 Å². The Morgan fingerprint density at radius 1 is 1.56 bits per heavy atom. The smallest absolute Gasteiger partial charge is 0.111 e. The molecule has 0 bridgehead atoms. The van der Waals surface area contributed by atoms with Crippen LogP contribution in [0.1, 0.15) is 17.5 Å². The fourth-order valence-electron chi connectivity index (χ4n) is 1.46. The van der Waals surface area contributed by atoms with Crippen molar-refractivity contribution in [2.45, 2.75) is 12.5 Å². The van der Waals surface area contributed by atoms with Gasteiger partial charge in [0.1, 0.15) is 10.2 Å². The zero-order valence-corrected chi connectivity index (χ0v) is 10.9. The summed E-state index contributed by atoms with van der Waals surface area (Å²) in [5, 5.41) is 10.0. The number of halogens is 2. The number of aliphatic hydroxyl groups excluding tert-OH is 1. The number of hydrogen-bond donors (Lipinski definition) is 1. The van der Waals surface area contributed by atoms with Crippen molar-refractivity contribution in [3.05, 3.63) is 38.5 Å². The van der Waals surface area contributed by atoms with E-state index in [4.69, 9.17) is 23.2 Å². The summed E-state index contributed by atoms with van der Waals surface area (Å²) >= 11 is 13.0. The first-order valence-electron chi connectivity index (χ1n) is 4.67. The summed E-state index contributed by atoms with van der Waals surface area (Å²) in [5.74, 6) is 0.811. The van der Waals surface area contributed by atoms with Crippen molar-refractivity contribution in [2.75, 3.05) is 0 Å². The van der Waals surface area contributed by atoms with Gasteiger partial charge in [0, 0.05) is 31.4 Å². The van der Waals surface area contributed by atoms with Crippen LogP contribution in [-0.4, -0.2) is 14.7 Å². The lowest BCUT2D eigenvalue weighted by Crippen LogP contribution is -2.06. The number of aromatic nitrogens is 2. The molecule has 0 spiro atoms. The SMILES string of the molecule is Cn1ccnc1CC(O)c1cc(Cl)sc1Cl. The average molecular weight is 277 g/mol. The van der Waals surface area contributed by atoms with E-state index in [0.29, 0.717) is 20.7 Å². The lowest BCUT2D eigenvalue weighted by atomic mass is 10.1. The van der Waals surface area contributed by atoms with Crippen LogP contribution in [0.5, 0.6) is 0 Å². The van der Waals surface area contributed by atoms with Gasteiger partial charge in [-0.3, -0.25) is 0 Å². The van der Waals surface area contributed by atoms with Gasteiger partial charge in [-0.1, -0.05) is 23.2 Å². The van der Waals surface area contributed by atoms with Crippen molar-refractivity contribution in [3.8, 4) is 0 Å². The minimum absolute atomic E-state index is 0.427. The van der Waals surface area contributed by atoms with Crippen molar-refractivity contribution in [1.82, 2.24) is 9.55 Å². The molecule has 1 unspecified atom stereocenters. The Morgan fingerprint density at radius 2 is 2.31 bits per heavy atom. The Kier molecular flexibility index (Phi) is 3.54. The van der Waals surface area contributed by atoms with Gasteiger partial charge in [-0.25, -0.2) is 4.98 Å². The average Bonchev–Trinajstić information content (AvgIpc) is 2.74. The lowest BCUT2D eigenvalue weighted by Gasteiger charge is -2.09. The van der Waals surface area contributed by atoms with Crippen molar-refractivity contribution in [3.63, 3.8) is 0 Å². The normalized spacial score (nSPS) is 13.0. The van der Waals surface area contributed by atoms with Crippen LogP contribution in [0.3, 0.4) is 0 Å². The van der Waals surface area contributed by atoms with Gasteiger partial charge in [-0.05, 0) is 6.07 Å². The first-order chi connectivity index (χ1) is 7.58. The molecule has 0 radical (unpaired) electrons. The summed E-state index contributed by atoms with van der Waals surface area (Å²) < 4.78 is 2.98. The van der Waals surface area contributed by atoms with Gasteiger partial charge in [0.05, 0.1) is 10.4 Å². The second kappa shape index (κ2) is 4.75. The van der Waals surface area contributed by atoms with Crippen molar-refractivity contribution in [2.24, 2.45) is 7.05 Å². The Bertz CT molecular complexity index is 495. The third kappa shape index (κ3) is 2.40. The largest absolute Gasteiger partial charge is 0.388 e. The second-order valence-electron chi connectivity index (χ2n) is 3.45. The molecule has 0 amide bonds. The molecular weight excluding hydrogens is 267 g/mol. The molecule has 2 aromatic heterocycles. The molecule has 16 heavy (non-hydrogen) atoms. The molecule has 0 fully saturated rings. The summed E-state index contributed by atoms with van der Waals surface area (Å²) in [6.45, 7) is 0. The third-order valence-electron chi connectivity index (χ3n) is 2.34. The van der Waals surface area contributed by atoms with Gasteiger partial charge in [-0.15, -0.1) is 11.3 Å². The molecular formula is C10H10Cl2N2OS. The van der Waals surface area contributed by atoms with Crippen molar-refractivity contribution < 1.29 is 5.11 Å². The molecule has 0 aliphatic carbocycles. The van der Waals surface area contributed by atoms with Crippen molar-refractivity contribution in [1.29, 1.82) is 0 Å². The number of rotatable bonds is 3. The van der Waals surface area contributed by atoms with Gasteiger partial charge >= 0.3 is 0 Å². The van der Waals surface area contributed by atoms with E-state index in [1.165, 1.54) is 11.3 Å². The van der Waals surface area contributed by atoms with Crippen LogP contribution in [0.2, 0.25) is 8.67 Å². The highest BCUT2D eigenvalue weighted by Gasteiger charge is 2.17. The molecule has 3 nitrogen and oxygen atoms in total. The number of nitrogens with zero attached hydrogens (tertiary/aromatic N) is 2. The van der Waals surface area contributed by atoms with Gasteiger partial charge < -0.3 is 9.67 Å². The first kappa shape index (κ1) is 11.9. The van der Waals surface area contributed by atoms with Crippen LogP contribution in [0.4, 0.5) is 0 Å². The Hall–Kier alpha value is -0.550. The highest BCUT2D eigenvalue weighted by molar-refractivity contribution is 7.20. The van der Waals surface area contributed by atoms with Crippen LogP contribution < -0.4 is 0 Å². The molecule has 86 valence electrons. The first-order valence-corrected chi connectivity index (χ1v) is 6.24. The molecule has 2 heterocycles. The predicted octanol–water partition coefficient (Wildman–Crippen LogP) is 3.06. The zero-order chi connectivity index (χ0) is 11.7. The van der Waals surface area contributed by atoms with E-state index in [-0.39, 0.29) is 0 Å². The molecule has 0 saturated carbocycles. The standard InChI is InChI=1S/C10H10Cl2N2OS/c1-14-3-2-13-9(14)5-7(15)6-4-8(11)16-10(6)12/h2-4,7,15H,5H2,1H3. The second-order valence-corrected chi connectivity index (χ2v) is 5.74. The molecule has 2 rings (SSSR count). The van der Waals surface area contributed by atoms with E-state index in [0.717, 1.165) is 5.82 Å². The van der Waals surface area contributed by atoms with Crippen molar-refractivity contribution >= 4 is 34.5 Å². The number of aliphatic hydroxyl groups is 1. The predicted molar refractivity (Wildman–Crippen MR) is 66.2 cm³/mol. The van der Waals surface area contributed by atoms with Gasteiger partial charge in [-0.2, -0.15) is 0 Å². The maximum atomic E-state index is 10.0. The van der Waals surface area contributed by atoms with E-state index < -0.39 is 6.10 Å². The van der Waals surface area contributed by atoms with Gasteiger partial charge in [0.15, 0.2) is 0 Å². The molecule has 2 aromatic rings. The Balaban J connectivity index is 2.17. The summed E-state index contributed by atoms with van der Waals surface area (Å²) in [4.78, 5) is 4.15. The lowest BCUT2D eigenvalue weighted by molar-refractivity contribution is 0.175. The van der Waals surface area contributed by atoms with E-state index in [1.54, 1.807) is 12.3 Å². The molecule has 0 aromatic carbocycles. The highest BCUT2D eigenvalue weighted by atomic mass is 35.5. The summed E-state index contributed by atoms with van der Waals surface area (Å²) in [6.07, 6.45) is 3.29. The zero-order valence-electron chi connectivity index (χ0n) is 8.52. The van der Waals surface area contributed by atoms with Crippen LogP contribution in [-0.2, 0) is 13.5 Å². The van der Waals surface area contributed by atoms with Crippen LogP contribution in [0.15, 0.2) is 18.5 Å². The summed E-state index contributed by atoms with van der Waals surface area (Å²) in [6, 6.07) is 1.70. The van der Waals surface area contributed by atoms with E-state index in [1.807, 2.05) is 17.8 Å². The van der Waals surface area contributed by atoms with Crippen LogP contribution in [0.25, 0.3) is 0 Å². The monoisotopic (exact) mass is 276 g/mol. The van der Waals surface area contributed by atoms with Crippen LogP contribution in [0, 0.1) is 0 Å². The van der Waals surface area contributed by atoms with Gasteiger partial charge in [0.25, 0.3) is 0 Å². The third-order valence-corrected chi connectivity index (χ3v) is 3.86. The number of imidazole rings is 1. The molecule has 0 aliphatic heterocycles. The van der Waals surface area contributed by atoms with E-state index >= 15 is 0 Å².